The molecule has 20 heavy (non-hydrogen) atoms. The van der Waals surface area contributed by atoms with E-state index in [4.69, 9.17) is 9.47 Å². The lowest BCUT2D eigenvalue weighted by atomic mass is 9.95. The van der Waals surface area contributed by atoms with E-state index in [1.165, 1.54) is 0 Å². The molecule has 1 atom stereocenters. The molecule has 0 bridgehead atoms. The third kappa shape index (κ3) is 11.6. The summed E-state index contributed by atoms with van der Waals surface area (Å²) in [5.74, 6) is 0. The summed E-state index contributed by atoms with van der Waals surface area (Å²) in [7, 11) is 0. The van der Waals surface area contributed by atoms with E-state index in [1.807, 2.05) is 20.8 Å². The molecule has 0 rings (SSSR count). The highest BCUT2D eigenvalue weighted by Gasteiger charge is 2.22. The highest BCUT2D eigenvalue weighted by molar-refractivity contribution is 4.83. The van der Waals surface area contributed by atoms with Crippen LogP contribution in [0.15, 0.2) is 0 Å². The van der Waals surface area contributed by atoms with Crippen LogP contribution in [0.4, 0.5) is 0 Å². The third-order valence-corrected chi connectivity index (χ3v) is 3.02. The van der Waals surface area contributed by atoms with Crippen LogP contribution in [0, 0.1) is 0 Å². The normalized spacial score (nSPS) is 15.6. The van der Waals surface area contributed by atoms with E-state index in [9.17, 15) is 5.11 Å². The van der Waals surface area contributed by atoms with Crippen molar-refractivity contribution in [1.82, 2.24) is 5.32 Å². The SMILES string of the molecule is CC(C)NC(C)(CO)CCCCOCCOC(C)(C)C. The number of hydrogen-bond acceptors (Lipinski definition) is 4. The zero-order chi connectivity index (χ0) is 15.6. The molecule has 0 aliphatic carbocycles. The first kappa shape index (κ1) is 19.8. The molecule has 0 aromatic carbocycles. The van der Waals surface area contributed by atoms with Crippen LogP contribution < -0.4 is 5.32 Å². The summed E-state index contributed by atoms with van der Waals surface area (Å²) >= 11 is 0. The molecule has 0 aromatic rings. The van der Waals surface area contributed by atoms with Crippen molar-refractivity contribution in [3.8, 4) is 0 Å². The molecule has 0 aliphatic heterocycles. The van der Waals surface area contributed by atoms with Gasteiger partial charge in [0.1, 0.15) is 0 Å². The Hall–Kier alpha value is -0.160. The molecule has 0 aliphatic rings. The molecule has 0 radical (unpaired) electrons. The minimum absolute atomic E-state index is 0.0885. The average Bonchev–Trinajstić information content (AvgIpc) is 2.30. The van der Waals surface area contributed by atoms with Crippen molar-refractivity contribution in [3.05, 3.63) is 0 Å². The van der Waals surface area contributed by atoms with Crippen molar-refractivity contribution in [2.75, 3.05) is 26.4 Å². The quantitative estimate of drug-likeness (QED) is 0.574. The molecule has 0 saturated carbocycles. The van der Waals surface area contributed by atoms with Crippen molar-refractivity contribution >= 4 is 0 Å². The van der Waals surface area contributed by atoms with Gasteiger partial charge in [-0.2, -0.15) is 0 Å². The van der Waals surface area contributed by atoms with Gasteiger partial charge < -0.3 is 19.9 Å². The van der Waals surface area contributed by atoms with Gasteiger partial charge in [0.15, 0.2) is 0 Å². The molecular formula is C16H35NO3. The van der Waals surface area contributed by atoms with E-state index < -0.39 is 0 Å². The molecule has 0 amide bonds. The van der Waals surface area contributed by atoms with Crippen molar-refractivity contribution in [2.45, 2.75) is 78.0 Å². The van der Waals surface area contributed by atoms with Crippen molar-refractivity contribution in [3.63, 3.8) is 0 Å². The van der Waals surface area contributed by atoms with Crippen molar-refractivity contribution in [2.24, 2.45) is 0 Å². The second kappa shape index (κ2) is 9.72. The van der Waals surface area contributed by atoms with Crippen molar-refractivity contribution < 1.29 is 14.6 Å². The molecule has 0 spiro atoms. The number of nitrogens with one attached hydrogen (secondary N) is 1. The van der Waals surface area contributed by atoms with Gasteiger partial charge >= 0.3 is 0 Å². The molecular weight excluding hydrogens is 254 g/mol. The summed E-state index contributed by atoms with van der Waals surface area (Å²) < 4.78 is 11.1. The second-order valence-electron chi connectivity index (χ2n) is 7.05. The van der Waals surface area contributed by atoms with Gasteiger partial charge in [0.2, 0.25) is 0 Å². The van der Waals surface area contributed by atoms with E-state index in [0.717, 1.165) is 25.9 Å². The van der Waals surface area contributed by atoms with E-state index in [2.05, 4.69) is 26.1 Å². The largest absolute Gasteiger partial charge is 0.394 e. The van der Waals surface area contributed by atoms with Gasteiger partial charge in [0, 0.05) is 18.2 Å². The summed E-state index contributed by atoms with van der Waals surface area (Å²) in [5, 5.41) is 12.9. The first-order valence-corrected chi connectivity index (χ1v) is 7.79. The Balaban J connectivity index is 3.56. The lowest BCUT2D eigenvalue weighted by Gasteiger charge is -2.31. The molecule has 122 valence electrons. The van der Waals surface area contributed by atoms with Crippen LogP contribution in [0.5, 0.6) is 0 Å². The molecule has 4 heteroatoms. The van der Waals surface area contributed by atoms with Gasteiger partial charge in [-0.3, -0.25) is 0 Å². The first-order chi connectivity index (χ1) is 9.18. The predicted octanol–water partition coefficient (Wildman–Crippen LogP) is 2.74. The number of ether oxygens (including phenoxy) is 2. The van der Waals surface area contributed by atoms with Crippen LogP contribution in [-0.2, 0) is 9.47 Å². The number of unbranched alkanes of at least 4 members (excludes halogenated alkanes) is 1. The van der Waals surface area contributed by atoms with Gasteiger partial charge in [-0.25, -0.2) is 0 Å². The van der Waals surface area contributed by atoms with Crippen LogP contribution in [0.25, 0.3) is 0 Å². The minimum Gasteiger partial charge on any atom is -0.394 e. The van der Waals surface area contributed by atoms with Crippen LogP contribution in [0.2, 0.25) is 0 Å². The smallest absolute Gasteiger partial charge is 0.0707 e. The van der Waals surface area contributed by atoms with Gasteiger partial charge in [-0.05, 0) is 47.0 Å². The first-order valence-electron chi connectivity index (χ1n) is 7.79. The van der Waals surface area contributed by atoms with Crippen LogP contribution >= 0.6 is 0 Å². The Morgan fingerprint density at radius 3 is 2.15 bits per heavy atom. The molecule has 1 unspecified atom stereocenters. The molecule has 0 aromatic heterocycles. The Kier molecular flexibility index (Phi) is 9.64. The summed E-state index contributed by atoms with van der Waals surface area (Å²) in [6.07, 6.45) is 3.03. The Morgan fingerprint density at radius 2 is 1.65 bits per heavy atom. The zero-order valence-electron chi connectivity index (χ0n) is 14.3. The van der Waals surface area contributed by atoms with E-state index >= 15 is 0 Å². The molecule has 2 N–H and O–H groups in total. The zero-order valence-corrected chi connectivity index (χ0v) is 14.3. The van der Waals surface area contributed by atoms with Crippen LogP contribution in [-0.4, -0.2) is 48.7 Å². The van der Waals surface area contributed by atoms with E-state index in [1.54, 1.807) is 0 Å². The average molecular weight is 289 g/mol. The fourth-order valence-corrected chi connectivity index (χ4v) is 2.12. The van der Waals surface area contributed by atoms with Gasteiger partial charge in [0.25, 0.3) is 0 Å². The molecule has 0 saturated heterocycles. The predicted molar refractivity (Wildman–Crippen MR) is 84.1 cm³/mol. The molecule has 0 heterocycles. The minimum atomic E-state index is -0.177. The van der Waals surface area contributed by atoms with Gasteiger partial charge in [0.05, 0.1) is 25.4 Å². The standard InChI is InChI=1S/C16H35NO3/c1-14(2)17-16(6,13-18)9-7-8-10-19-11-12-20-15(3,4)5/h14,17-18H,7-13H2,1-6H3. The van der Waals surface area contributed by atoms with Gasteiger partial charge in [-0.15, -0.1) is 0 Å². The summed E-state index contributed by atoms with van der Waals surface area (Å²) in [5.41, 5.74) is -0.266. The monoisotopic (exact) mass is 289 g/mol. The summed E-state index contributed by atoms with van der Waals surface area (Å²) in [6, 6.07) is 0.387. The Bertz CT molecular complexity index is 238. The Morgan fingerprint density at radius 1 is 1.00 bits per heavy atom. The highest BCUT2D eigenvalue weighted by Crippen LogP contribution is 2.14. The topological polar surface area (TPSA) is 50.7 Å². The Labute approximate surface area is 125 Å². The maximum atomic E-state index is 9.47. The molecule has 4 nitrogen and oxygen atoms in total. The molecule has 0 fully saturated rings. The lowest BCUT2D eigenvalue weighted by molar-refractivity contribution is -0.0353. The number of aliphatic hydroxyl groups excluding tert-OH is 1. The van der Waals surface area contributed by atoms with E-state index in [0.29, 0.717) is 19.3 Å². The summed E-state index contributed by atoms with van der Waals surface area (Å²) in [4.78, 5) is 0. The van der Waals surface area contributed by atoms with E-state index in [-0.39, 0.29) is 17.7 Å². The number of rotatable bonds is 11. The second-order valence-corrected chi connectivity index (χ2v) is 7.05. The highest BCUT2D eigenvalue weighted by atomic mass is 16.5. The number of aliphatic hydroxyl groups is 1. The van der Waals surface area contributed by atoms with Crippen LogP contribution in [0.3, 0.4) is 0 Å². The van der Waals surface area contributed by atoms with Gasteiger partial charge in [-0.1, -0.05) is 13.8 Å². The fourth-order valence-electron chi connectivity index (χ4n) is 2.12. The maximum absolute atomic E-state index is 9.47. The van der Waals surface area contributed by atoms with Crippen molar-refractivity contribution in [1.29, 1.82) is 0 Å². The fraction of sp³-hybridized carbons (Fsp3) is 1.00. The maximum Gasteiger partial charge on any atom is 0.0707 e. The summed E-state index contributed by atoms with van der Waals surface area (Å²) in [6.45, 7) is 14.6. The lowest BCUT2D eigenvalue weighted by Crippen LogP contribution is -2.49. The van der Waals surface area contributed by atoms with Crippen LogP contribution in [0.1, 0.15) is 60.8 Å². The third-order valence-electron chi connectivity index (χ3n) is 3.02. The number of hydrogen-bond donors (Lipinski definition) is 2.